The van der Waals surface area contributed by atoms with Crippen molar-refractivity contribution in [2.75, 3.05) is 13.1 Å². The first-order chi connectivity index (χ1) is 12.6. The van der Waals surface area contributed by atoms with Crippen molar-refractivity contribution in [3.63, 3.8) is 0 Å². The van der Waals surface area contributed by atoms with Gasteiger partial charge in [0.2, 0.25) is 5.91 Å². The Morgan fingerprint density at radius 3 is 2.92 bits per heavy atom. The summed E-state index contributed by atoms with van der Waals surface area (Å²) in [5.41, 5.74) is 3.96. The minimum atomic E-state index is -0.291. The van der Waals surface area contributed by atoms with Gasteiger partial charge in [-0.25, -0.2) is 4.39 Å². The van der Waals surface area contributed by atoms with E-state index in [1.54, 1.807) is 18.2 Å². The predicted molar refractivity (Wildman–Crippen MR) is 96.0 cm³/mol. The molecule has 2 fully saturated rings. The number of rotatable bonds is 3. The van der Waals surface area contributed by atoms with Crippen molar-refractivity contribution < 1.29 is 9.18 Å². The van der Waals surface area contributed by atoms with Crippen LogP contribution in [0.2, 0.25) is 0 Å². The Bertz CT molecular complexity index is 941. The molecule has 2 atom stereocenters. The molecule has 1 aromatic carbocycles. The summed E-state index contributed by atoms with van der Waals surface area (Å²) in [5.74, 6) is 0.171. The molecule has 1 aromatic heterocycles. The van der Waals surface area contributed by atoms with Crippen LogP contribution in [-0.4, -0.2) is 34.1 Å². The van der Waals surface area contributed by atoms with Crippen molar-refractivity contribution in [1.29, 1.82) is 0 Å². The number of amides is 1. The molecule has 5 rings (SSSR count). The molecule has 1 aliphatic heterocycles. The van der Waals surface area contributed by atoms with E-state index >= 15 is 0 Å². The van der Waals surface area contributed by atoms with Crippen molar-refractivity contribution in [2.45, 2.75) is 37.0 Å². The van der Waals surface area contributed by atoms with Gasteiger partial charge in [-0.15, -0.1) is 0 Å². The number of hydrogen-bond donors (Lipinski definition) is 0. The van der Waals surface area contributed by atoms with Crippen LogP contribution >= 0.6 is 0 Å². The highest BCUT2D eigenvalue weighted by Crippen LogP contribution is 2.60. The van der Waals surface area contributed by atoms with Gasteiger partial charge in [0.15, 0.2) is 0 Å². The molecule has 2 bridgehead atoms. The fourth-order valence-corrected chi connectivity index (χ4v) is 4.97. The third kappa shape index (κ3) is 2.03. The molecule has 0 radical (unpaired) electrons. The van der Waals surface area contributed by atoms with E-state index in [1.165, 1.54) is 6.07 Å². The van der Waals surface area contributed by atoms with Gasteiger partial charge in [-0.3, -0.25) is 4.79 Å². The zero-order chi connectivity index (χ0) is 17.9. The highest BCUT2D eigenvalue weighted by molar-refractivity contribution is 5.78. The van der Waals surface area contributed by atoms with E-state index in [0.717, 1.165) is 42.6 Å². The molecule has 2 aliphatic carbocycles. The normalized spacial score (nSPS) is 26.7. The Morgan fingerprint density at radius 1 is 1.31 bits per heavy atom. The van der Waals surface area contributed by atoms with Crippen molar-refractivity contribution >= 4 is 5.91 Å². The summed E-state index contributed by atoms with van der Waals surface area (Å²) in [7, 11) is 0. The topological polar surface area (TPSA) is 46.1 Å². The Morgan fingerprint density at radius 2 is 2.15 bits per heavy atom. The van der Waals surface area contributed by atoms with Crippen molar-refractivity contribution in [3.05, 3.63) is 59.6 Å². The van der Waals surface area contributed by atoms with E-state index in [-0.39, 0.29) is 23.1 Å². The van der Waals surface area contributed by atoms with Crippen LogP contribution in [0.3, 0.4) is 0 Å². The lowest BCUT2D eigenvalue weighted by Crippen LogP contribution is -2.40. The Labute approximate surface area is 151 Å². The summed E-state index contributed by atoms with van der Waals surface area (Å²) in [6, 6.07) is 8.62. The largest absolute Gasteiger partial charge is 0.341 e. The summed E-state index contributed by atoms with van der Waals surface area (Å²) >= 11 is 0. The number of carbonyl (C=O) groups excluding carboxylic acids is 1. The monoisotopic (exact) mass is 349 g/mol. The molecule has 3 aliphatic rings. The lowest BCUT2D eigenvalue weighted by atomic mass is 9.81. The summed E-state index contributed by atoms with van der Waals surface area (Å²) in [5, 5.41) is 8.87. The Hall–Kier alpha value is -2.56. The van der Waals surface area contributed by atoms with Gasteiger partial charge in [0.25, 0.3) is 0 Å². The molecular formula is C21H20FN3O. The molecule has 1 saturated carbocycles. The van der Waals surface area contributed by atoms with Crippen LogP contribution in [0.25, 0.3) is 11.3 Å². The smallest absolute Gasteiger partial charge is 0.222 e. The minimum Gasteiger partial charge on any atom is -0.341 e. The van der Waals surface area contributed by atoms with Crippen LogP contribution < -0.4 is 0 Å². The summed E-state index contributed by atoms with van der Waals surface area (Å²) < 4.78 is 14.2. The molecule has 0 spiro atoms. The highest BCUT2D eigenvalue weighted by atomic mass is 19.1. The molecule has 2 heterocycles. The molecule has 4 nitrogen and oxygen atoms in total. The SMILES string of the molecule is C=C1[C@@H]2CC[C@@]1(CN1CCCC1=O)c1nnc(-c3ccccc3F)cc12. The second-order valence-electron chi connectivity index (χ2n) is 7.63. The quantitative estimate of drug-likeness (QED) is 0.796. The number of halogens is 1. The van der Waals surface area contributed by atoms with Gasteiger partial charge in [-0.1, -0.05) is 24.3 Å². The second kappa shape index (κ2) is 5.47. The van der Waals surface area contributed by atoms with Gasteiger partial charge in [0.05, 0.1) is 16.8 Å². The average molecular weight is 349 g/mol. The molecule has 0 N–H and O–H groups in total. The number of nitrogens with zero attached hydrogens (tertiary/aromatic N) is 3. The maximum atomic E-state index is 14.2. The van der Waals surface area contributed by atoms with E-state index in [4.69, 9.17) is 0 Å². The van der Waals surface area contributed by atoms with E-state index < -0.39 is 0 Å². The standard InChI is InChI=1S/C21H20FN3O/c1-13-14-8-9-21(13,12-25-10-4-7-19(25)26)20-16(14)11-18(23-24-20)15-5-2-3-6-17(15)22/h2-3,5-6,11,14H,1,4,7-10,12H2/t14-,21-/m0/s1. The number of carbonyl (C=O) groups is 1. The summed E-state index contributed by atoms with van der Waals surface area (Å²) in [6.07, 6.45) is 3.53. The number of aromatic nitrogens is 2. The molecule has 26 heavy (non-hydrogen) atoms. The summed E-state index contributed by atoms with van der Waals surface area (Å²) in [6.45, 7) is 5.84. The lowest BCUT2D eigenvalue weighted by Gasteiger charge is -2.32. The van der Waals surface area contributed by atoms with Crippen LogP contribution in [0, 0.1) is 5.82 Å². The third-order valence-corrected chi connectivity index (χ3v) is 6.33. The predicted octanol–water partition coefficient (Wildman–Crippen LogP) is 3.59. The van der Waals surface area contributed by atoms with Gasteiger partial charge < -0.3 is 4.90 Å². The fraction of sp³-hybridized carbons (Fsp3) is 0.381. The van der Waals surface area contributed by atoms with Crippen molar-refractivity contribution in [1.82, 2.24) is 15.1 Å². The van der Waals surface area contributed by atoms with Crippen LogP contribution in [0.1, 0.15) is 42.9 Å². The number of benzene rings is 1. The fourth-order valence-electron chi connectivity index (χ4n) is 4.97. The van der Waals surface area contributed by atoms with E-state index in [0.29, 0.717) is 24.2 Å². The van der Waals surface area contributed by atoms with E-state index in [9.17, 15) is 9.18 Å². The number of hydrogen-bond acceptors (Lipinski definition) is 3. The Kier molecular flexibility index (Phi) is 3.30. The third-order valence-electron chi connectivity index (χ3n) is 6.33. The number of fused-ring (bicyclic) bond motifs is 5. The molecule has 2 aromatic rings. The van der Waals surface area contributed by atoms with Crippen LogP contribution in [0.15, 0.2) is 42.5 Å². The molecule has 132 valence electrons. The van der Waals surface area contributed by atoms with Crippen LogP contribution in [0.5, 0.6) is 0 Å². The first kappa shape index (κ1) is 15.7. The highest BCUT2D eigenvalue weighted by Gasteiger charge is 2.55. The zero-order valence-electron chi connectivity index (χ0n) is 14.5. The second-order valence-corrected chi connectivity index (χ2v) is 7.63. The number of likely N-dealkylation sites (tertiary alicyclic amines) is 1. The summed E-state index contributed by atoms with van der Waals surface area (Å²) in [4.78, 5) is 14.1. The average Bonchev–Trinajstić information content (AvgIpc) is 3.26. The zero-order valence-corrected chi connectivity index (χ0v) is 14.5. The van der Waals surface area contributed by atoms with Crippen LogP contribution in [0.4, 0.5) is 4.39 Å². The van der Waals surface area contributed by atoms with Crippen molar-refractivity contribution in [2.24, 2.45) is 0 Å². The Balaban J connectivity index is 1.57. The molecular weight excluding hydrogens is 329 g/mol. The van der Waals surface area contributed by atoms with Gasteiger partial charge in [-0.2, -0.15) is 10.2 Å². The maximum absolute atomic E-state index is 14.2. The van der Waals surface area contributed by atoms with E-state index in [1.807, 2.05) is 11.0 Å². The van der Waals surface area contributed by atoms with E-state index in [2.05, 4.69) is 16.8 Å². The first-order valence-corrected chi connectivity index (χ1v) is 9.20. The van der Waals surface area contributed by atoms with Gasteiger partial charge in [-0.05, 0) is 43.0 Å². The van der Waals surface area contributed by atoms with Gasteiger partial charge in [0, 0.05) is 31.0 Å². The molecule has 1 saturated heterocycles. The first-order valence-electron chi connectivity index (χ1n) is 9.20. The maximum Gasteiger partial charge on any atom is 0.222 e. The van der Waals surface area contributed by atoms with Crippen LogP contribution in [-0.2, 0) is 10.2 Å². The van der Waals surface area contributed by atoms with Gasteiger partial charge >= 0.3 is 0 Å². The molecule has 0 unspecified atom stereocenters. The molecule has 1 amide bonds. The van der Waals surface area contributed by atoms with Crippen molar-refractivity contribution in [3.8, 4) is 11.3 Å². The molecule has 5 heteroatoms. The lowest BCUT2D eigenvalue weighted by molar-refractivity contribution is -0.128. The van der Waals surface area contributed by atoms with Gasteiger partial charge in [0.1, 0.15) is 5.82 Å². The minimum absolute atomic E-state index is 0.222.